The van der Waals surface area contributed by atoms with Crippen molar-refractivity contribution in [3.63, 3.8) is 0 Å². The summed E-state index contributed by atoms with van der Waals surface area (Å²) in [6, 6.07) is 12.1. The van der Waals surface area contributed by atoms with Crippen LogP contribution in [0.2, 0.25) is 0 Å². The number of anilines is 3. The van der Waals surface area contributed by atoms with Gasteiger partial charge in [0.1, 0.15) is 0 Å². The molecule has 0 atom stereocenters. The van der Waals surface area contributed by atoms with E-state index in [1.807, 2.05) is 18.2 Å². The summed E-state index contributed by atoms with van der Waals surface area (Å²) in [5, 5.41) is 5.46. The van der Waals surface area contributed by atoms with E-state index in [1.54, 1.807) is 12.4 Å². The first-order valence-electron chi connectivity index (χ1n) is 6.30. The summed E-state index contributed by atoms with van der Waals surface area (Å²) in [5.41, 5.74) is 9.99. The number of rotatable bonds is 2. The molecule has 0 aliphatic heterocycles. The number of nitrogens with two attached hydrogens (primary N) is 1. The Balaban J connectivity index is 2.09. The van der Waals surface area contributed by atoms with Gasteiger partial charge in [-0.25, -0.2) is 0 Å². The van der Waals surface area contributed by atoms with Gasteiger partial charge in [0.2, 0.25) is 0 Å². The number of hydrogen-bond donors (Lipinski definition) is 2. The topological polar surface area (TPSA) is 50.9 Å². The van der Waals surface area contributed by atoms with Crippen molar-refractivity contribution in [2.45, 2.75) is 6.92 Å². The van der Waals surface area contributed by atoms with Gasteiger partial charge >= 0.3 is 0 Å². The van der Waals surface area contributed by atoms with Gasteiger partial charge in [-0.05, 0) is 58.7 Å². The Morgan fingerprint density at radius 3 is 2.65 bits per heavy atom. The molecule has 0 unspecified atom stereocenters. The zero-order chi connectivity index (χ0) is 14.1. The SMILES string of the molecule is Cc1ccc(Nc2ccc(N)c3cnccc23)c(Br)c1. The minimum absolute atomic E-state index is 0.738. The number of nitrogens with one attached hydrogen (secondary N) is 1. The van der Waals surface area contributed by atoms with Crippen LogP contribution in [0.25, 0.3) is 10.8 Å². The molecule has 20 heavy (non-hydrogen) atoms. The summed E-state index contributed by atoms with van der Waals surface area (Å²) in [6.07, 6.45) is 3.57. The van der Waals surface area contributed by atoms with Gasteiger partial charge in [0, 0.05) is 39.0 Å². The van der Waals surface area contributed by atoms with Gasteiger partial charge in [-0.2, -0.15) is 0 Å². The van der Waals surface area contributed by atoms with Gasteiger partial charge in [-0.3, -0.25) is 4.98 Å². The molecule has 3 N–H and O–H groups in total. The highest BCUT2D eigenvalue weighted by molar-refractivity contribution is 9.10. The molecular formula is C16H14BrN3. The number of halogens is 1. The normalized spacial score (nSPS) is 10.7. The average molecular weight is 328 g/mol. The summed E-state index contributed by atoms with van der Waals surface area (Å²) in [6.45, 7) is 2.07. The fourth-order valence-corrected chi connectivity index (χ4v) is 2.78. The lowest BCUT2D eigenvalue weighted by Crippen LogP contribution is -1.95. The van der Waals surface area contributed by atoms with Crippen LogP contribution in [0.1, 0.15) is 5.56 Å². The quantitative estimate of drug-likeness (QED) is 0.674. The lowest BCUT2D eigenvalue weighted by atomic mass is 10.1. The van der Waals surface area contributed by atoms with Gasteiger partial charge < -0.3 is 11.1 Å². The Kier molecular flexibility index (Phi) is 3.32. The second kappa shape index (κ2) is 5.13. The number of benzene rings is 2. The van der Waals surface area contributed by atoms with Gasteiger partial charge in [0.25, 0.3) is 0 Å². The van der Waals surface area contributed by atoms with Crippen molar-refractivity contribution >= 4 is 43.8 Å². The maximum absolute atomic E-state index is 5.99. The third-order valence-electron chi connectivity index (χ3n) is 3.25. The molecule has 0 saturated carbocycles. The van der Waals surface area contributed by atoms with E-state index in [2.05, 4.69) is 51.4 Å². The van der Waals surface area contributed by atoms with E-state index in [1.165, 1.54) is 5.56 Å². The molecule has 0 spiro atoms. The van der Waals surface area contributed by atoms with Crippen LogP contribution in [-0.4, -0.2) is 4.98 Å². The van der Waals surface area contributed by atoms with Crippen molar-refractivity contribution in [3.05, 3.63) is 58.8 Å². The van der Waals surface area contributed by atoms with Gasteiger partial charge in [0.05, 0.1) is 5.69 Å². The molecule has 4 heteroatoms. The zero-order valence-corrected chi connectivity index (χ0v) is 12.6. The predicted molar refractivity (Wildman–Crippen MR) is 88.3 cm³/mol. The van der Waals surface area contributed by atoms with E-state index in [-0.39, 0.29) is 0 Å². The average Bonchev–Trinajstić information content (AvgIpc) is 2.45. The van der Waals surface area contributed by atoms with E-state index in [9.17, 15) is 0 Å². The lowest BCUT2D eigenvalue weighted by molar-refractivity contribution is 1.36. The number of nitrogens with zero attached hydrogens (tertiary/aromatic N) is 1. The van der Waals surface area contributed by atoms with Crippen molar-refractivity contribution < 1.29 is 0 Å². The Hall–Kier alpha value is -2.07. The summed E-state index contributed by atoms with van der Waals surface area (Å²) < 4.78 is 1.04. The van der Waals surface area contributed by atoms with Crippen LogP contribution in [0.5, 0.6) is 0 Å². The van der Waals surface area contributed by atoms with Crippen LogP contribution in [0, 0.1) is 6.92 Å². The maximum Gasteiger partial charge on any atom is 0.0529 e. The molecule has 2 aromatic carbocycles. The highest BCUT2D eigenvalue weighted by atomic mass is 79.9. The molecule has 0 saturated heterocycles. The summed E-state index contributed by atoms with van der Waals surface area (Å²) in [4.78, 5) is 4.13. The Morgan fingerprint density at radius 1 is 1.05 bits per heavy atom. The van der Waals surface area contributed by atoms with Crippen molar-refractivity contribution in [1.29, 1.82) is 0 Å². The molecule has 0 fully saturated rings. The number of fused-ring (bicyclic) bond motifs is 1. The van der Waals surface area contributed by atoms with Crippen molar-refractivity contribution in [2.24, 2.45) is 0 Å². The number of aromatic nitrogens is 1. The van der Waals surface area contributed by atoms with Crippen LogP contribution in [0.15, 0.2) is 53.3 Å². The van der Waals surface area contributed by atoms with Gasteiger partial charge in [-0.1, -0.05) is 6.07 Å². The molecule has 3 aromatic rings. The van der Waals surface area contributed by atoms with E-state index in [0.29, 0.717) is 0 Å². The second-order valence-electron chi connectivity index (χ2n) is 4.73. The highest BCUT2D eigenvalue weighted by Crippen LogP contribution is 2.32. The molecule has 0 amide bonds. The minimum Gasteiger partial charge on any atom is -0.398 e. The van der Waals surface area contributed by atoms with E-state index >= 15 is 0 Å². The molecule has 0 radical (unpaired) electrons. The zero-order valence-electron chi connectivity index (χ0n) is 11.0. The lowest BCUT2D eigenvalue weighted by Gasteiger charge is -2.13. The molecule has 0 aliphatic carbocycles. The molecule has 0 aliphatic rings. The molecule has 1 aromatic heterocycles. The molecule has 100 valence electrons. The third kappa shape index (κ3) is 2.34. The van der Waals surface area contributed by atoms with Gasteiger partial charge in [0.15, 0.2) is 0 Å². The van der Waals surface area contributed by atoms with E-state index in [0.717, 1.165) is 32.3 Å². The standard InChI is InChI=1S/C16H14BrN3/c1-10-2-4-16(13(17)8-10)20-15-5-3-14(18)12-9-19-7-6-11(12)15/h2-9,20H,18H2,1H3. The Labute approximate surface area is 126 Å². The van der Waals surface area contributed by atoms with Crippen molar-refractivity contribution in [3.8, 4) is 0 Å². The largest absolute Gasteiger partial charge is 0.398 e. The first-order valence-corrected chi connectivity index (χ1v) is 7.10. The first kappa shape index (κ1) is 12.9. The summed E-state index contributed by atoms with van der Waals surface area (Å²) >= 11 is 3.58. The molecule has 3 nitrogen and oxygen atoms in total. The smallest absolute Gasteiger partial charge is 0.0529 e. The number of hydrogen-bond acceptors (Lipinski definition) is 3. The summed E-state index contributed by atoms with van der Waals surface area (Å²) in [7, 11) is 0. The molecule has 3 rings (SSSR count). The maximum atomic E-state index is 5.99. The van der Waals surface area contributed by atoms with Gasteiger partial charge in [-0.15, -0.1) is 0 Å². The third-order valence-corrected chi connectivity index (χ3v) is 3.90. The fraction of sp³-hybridized carbons (Fsp3) is 0.0625. The van der Waals surface area contributed by atoms with Crippen LogP contribution in [-0.2, 0) is 0 Å². The van der Waals surface area contributed by atoms with Crippen LogP contribution < -0.4 is 11.1 Å². The fourth-order valence-electron chi connectivity index (χ4n) is 2.19. The monoisotopic (exact) mass is 327 g/mol. The highest BCUT2D eigenvalue weighted by Gasteiger charge is 2.06. The second-order valence-corrected chi connectivity index (χ2v) is 5.59. The molecule has 1 heterocycles. The molecular weight excluding hydrogens is 314 g/mol. The first-order chi connectivity index (χ1) is 9.65. The van der Waals surface area contributed by atoms with Crippen LogP contribution >= 0.6 is 15.9 Å². The predicted octanol–water partition coefficient (Wildman–Crippen LogP) is 4.63. The Bertz CT molecular complexity index is 784. The summed E-state index contributed by atoms with van der Waals surface area (Å²) in [5.74, 6) is 0. The van der Waals surface area contributed by atoms with Crippen LogP contribution in [0.3, 0.4) is 0 Å². The van der Waals surface area contributed by atoms with E-state index < -0.39 is 0 Å². The Morgan fingerprint density at radius 2 is 1.85 bits per heavy atom. The van der Waals surface area contributed by atoms with Crippen molar-refractivity contribution in [1.82, 2.24) is 4.98 Å². The number of pyridine rings is 1. The minimum atomic E-state index is 0.738. The van der Waals surface area contributed by atoms with E-state index in [4.69, 9.17) is 5.73 Å². The van der Waals surface area contributed by atoms with Crippen molar-refractivity contribution in [2.75, 3.05) is 11.1 Å². The number of nitrogen functional groups attached to an aromatic ring is 1. The number of aryl methyl sites for hydroxylation is 1. The van der Waals surface area contributed by atoms with Crippen LogP contribution in [0.4, 0.5) is 17.1 Å². The molecule has 0 bridgehead atoms.